The topological polar surface area (TPSA) is 162 Å². The van der Waals surface area contributed by atoms with Gasteiger partial charge in [0.05, 0.1) is 0 Å². The van der Waals surface area contributed by atoms with Gasteiger partial charge in [0.15, 0.2) is 0 Å². The minimum atomic E-state index is -1.22. The van der Waals surface area contributed by atoms with E-state index in [-0.39, 0.29) is 18.6 Å². The number of carbonyl (C=O) groups excluding carboxylic acids is 2. The third kappa shape index (κ3) is 11.3. The number of aliphatic carboxylic acids is 2. The van der Waals surface area contributed by atoms with Crippen molar-refractivity contribution in [2.45, 2.75) is 38.8 Å². The van der Waals surface area contributed by atoms with Crippen molar-refractivity contribution in [1.29, 1.82) is 0 Å². The number of nitrogens with two attached hydrogens (primary N) is 1. The van der Waals surface area contributed by atoms with Gasteiger partial charge in [-0.1, -0.05) is 23.0 Å². The number of carbonyl (C=O) groups is 4. The smallest absolute Gasteiger partial charge is 0.322 e. The standard InChI is InChI=1S/C15H26N4O6S3/c1-3-19(4-2)15(26)28-27-8-10(13(23)17-7-12(21)22)18-11(20)6-5-9(16)14(24)25/h9-10H,3-8,16H2,1-2H3,(H,17,23)(H,18,20)(H,21,22)(H,24,25)/t9?,10-/m0/s1. The van der Waals surface area contributed by atoms with Gasteiger partial charge in [0, 0.05) is 25.3 Å². The van der Waals surface area contributed by atoms with Crippen LogP contribution < -0.4 is 16.4 Å². The first-order valence-corrected chi connectivity index (χ1v) is 11.2. The maximum atomic E-state index is 12.2. The average Bonchev–Trinajstić information content (AvgIpc) is 2.64. The highest BCUT2D eigenvalue weighted by molar-refractivity contribution is 8.83. The predicted octanol–water partition coefficient (Wildman–Crippen LogP) is -0.128. The number of nitrogens with zero attached hydrogens (tertiary/aromatic N) is 1. The van der Waals surface area contributed by atoms with E-state index in [1.165, 1.54) is 21.6 Å². The van der Waals surface area contributed by atoms with Gasteiger partial charge in [0.1, 0.15) is 22.9 Å². The average molecular weight is 455 g/mol. The fourth-order valence-electron chi connectivity index (χ4n) is 1.83. The molecule has 0 fully saturated rings. The molecule has 0 spiro atoms. The van der Waals surface area contributed by atoms with Crippen LogP contribution in [-0.4, -0.2) is 80.7 Å². The van der Waals surface area contributed by atoms with Crippen molar-refractivity contribution in [2.24, 2.45) is 5.73 Å². The molecule has 2 amide bonds. The highest BCUT2D eigenvalue weighted by atomic mass is 33.1. The number of thiocarbonyl (C=S) groups is 1. The Kier molecular flexibility index (Phi) is 13.6. The van der Waals surface area contributed by atoms with Crippen molar-refractivity contribution in [3.05, 3.63) is 0 Å². The van der Waals surface area contributed by atoms with Crippen LogP contribution in [0.15, 0.2) is 0 Å². The summed E-state index contributed by atoms with van der Waals surface area (Å²) in [6.07, 6.45) is -0.260. The fraction of sp³-hybridized carbons (Fsp3) is 0.667. The van der Waals surface area contributed by atoms with Gasteiger partial charge in [-0.25, -0.2) is 0 Å². The number of rotatable bonds is 13. The van der Waals surface area contributed by atoms with Crippen LogP contribution in [0.4, 0.5) is 0 Å². The maximum Gasteiger partial charge on any atom is 0.322 e. The quantitative estimate of drug-likeness (QED) is 0.186. The zero-order chi connectivity index (χ0) is 21.7. The molecule has 0 heterocycles. The Hall–Kier alpha value is -1.57. The van der Waals surface area contributed by atoms with E-state index >= 15 is 0 Å². The summed E-state index contributed by atoms with van der Waals surface area (Å²) in [7, 11) is 2.54. The molecule has 10 nitrogen and oxygen atoms in total. The number of hydrogen-bond donors (Lipinski definition) is 5. The monoisotopic (exact) mass is 454 g/mol. The number of hydrogen-bond acceptors (Lipinski definition) is 8. The van der Waals surface area contributed by atoms with Crippen LogP contribution in [0.2, 0.25) is 0 Å². The first kappa shape index (κ1) is 26.4. The van der Waals surface area contributed by atoms with E-state index in [0.717, 1.165) is 13.1 Å². The van der Waals surface area contributed by atoms with Gasteiger partial charge in [0.2, 0.25) is 11.8 Å². The van der Waals surface area contributed by atoms with Gasteiger partial charge in [-0.2, -0.15) is 0 Å². The molecule has 0 aliphatic heterocycles. The van der Waals surface area contributed by atoms with E-state index in [2.05, 4.69) is 10.6 Å². The molecule has 160 valence electrons. The lowest BCUT2D eigenvalue weighted by Crippen LogP contribution is -2.49. The van der Waals surface area contributed by atoms with Crippen LogP contribution in [-0.2, 0) is 19.2 Å². The summed E-state index contributed by atoms with van der Waals surface area (Å²) >= 11 is 5.29. The van der Waals surface area contributed by atoms with E-state index in [1.807, 2.05) is 18.7 Å². The molecule has 0 rings (SSSR count). The van der Waals surface area contributed by atoms with E-state index in [9.17, 15) is 19.2 Å². The Morgan fingerprint density at radius 2 is 1.79 bits per heavy atom. The van der Waals surface area contributed by atoms with Crippen LogP contribution in [0.25, 0.3) is 0 Å². The maximum absolute atomic E-state index is 12.2. The third-order valence-electron chi connectivity index (χ3n) is 3.45. The normalized spacial score (nSPS) is 12.5. The van der Waals surface area contributed by atoms with Crippen molar-refractivity contribution in [2.75, 3.05) is 25.4 Å². The predicted molar refractivity (Wildman–Crippen MR) is 113 cm³/mol. The van der Waals surface area contributed by atoms with E-state index < -0.39 is 42.4 Å². The lowest BCUT2D eigenvalue weighted by atomic mass is 10.1. The SMILES string of the molecule is CCN(CC)C(=S)SSC[C@H](NC(=O)CCC(N)C(=O)O)C(=O)NCC(=O)O. The Labute approximate surface area is 176 Å². The second kappa shape index (κ2) is 14.4. The van der Waals surface area contributed by atoms with Crippen LogP contribution in [0, 0.1) is 0 Å². The molecule has 0 aromatic heterocycles. The highest BCUT2D eigenvalue weighted by Gasteiger charge is 2.23. The molecule has 0 aliphatic carbocycles. The summed E-state index contributed by atoms with van der Waals surface area (Å²) in [6, 6.07) is -2.17. The Morgan fingerprint density at radius 1 is 1.18 bits per heavy atom. The van der Waals surface area contributed by atoms with Crippen LogP contribution in [0.5, 0.6) is 0 Å². The number of carboxylic acid groups (broad SMARTS) is 2. The van der Waals surface area contributed by atoms with Crippen molar-refractivity contribution < 1.29 is 29.4 Å². The summed E-state index contributed by atoms with van der Waals surface area (Å²) in [5.74, 6) is -3.49. The minimum absolute atomic E-state index is 0.0848. The molecular formula is C15H26N4O6S3. The van der Waals surface area contributed by atoms with Gasteiger partial charge < -0.3 is 31.5 Å². The molecule has 1 unspecified atom stereocenters. The first-order valence-electron chi connectivity index (χ1n) is 8.47. The summed E-state index contributed by atoms with van der Waals surface area (Å²) in [4.78, 5) is 47.5. The van der Waals surface area contributed by atoms with Crippen LogP contribution in [0.3, 0.4) is 0 Å². The second-order valence-corrected chi connectivity index (χ2v) is 8.50. The molecular weight excluding hydrogens is 428 g/mol. The highest BCUT2D eigenvalue weighted by Crippen LogP contribution is 2.25. The van der Waals surface area contributed by atoms with E-state index in [0.29, 0.717) is 4.32 Å². The lowest BCUT2D eigenvalue weighted by Gasteiger charge is -2.21. The van der Waals surface area contributed by atoms with Crippen LogP contribution in [0.1, 0.15) is 26.7 Å². The minimum Gasteiger partial charge on any atom is -0.480 e. The van der Waals surface area contributed by atoms with Crippen molar-refractivity contribution in [1.82, 2.24) is 15.5 Å². The van der Waals surface area contributed by atoms with Crippen molar-refractivity contribution in [3.8, 4) is 0 Å². The second-order valence-electron chi connectivity index (χ2n) is 5.52. The van der Waals surface area contributed by atoms with Gasteiger partial charge in [-0.05, 0) is 31.1 Å². The molecule has 0 aromatic carbocycles. The Morgan fingerprint density at radius 3 is 2.29 bits per heavy atom. The molecule has 2 atom stereocenters. The zero-order valence-electron chi connectivity index (χ0n) is 15.7. The van der Waals surface area contributed by atoms with Crippen LogP contribution >= 0.6 is 33.8 Å². The zero-order valence-corrected chi connectivity index (χ0v) is 18.1. The Bertz CT molecular complexity index is 574. The van der Waals surface area contributed by atoms with Crippen molar-refractivity contribution in [3.63, 3.8) is 0 Å². The number of nitrogens with one attached hydrogen (secondary N) is 2. The summed E-state index contributed by atoms with van der Waals surface area (Å²) < 4.78 is 0.637. The lowest BCUT2D eigenvalue weighted by molar-refractivity contribution is -0.139. The van der Waals surface area contributed by atoms with Gasteiger partial charge in [-0.3, -0.25) is 19.2 Å². The van der Waals surface area contributed by atoms with Crippen molar-refractivity contribution >= 4 is 61.9 Å². The molecule has 0 aromatic rings. The molecule has 28 heavy (non-hydrogen) atoms. The van der Waals surface area contributed by atoms with E-state index in [4.69, 9.17) is 28.2 Å². The molecule has 0 bridgehead atoms. The van der Waals surface area contributed by atoms with Gasteiger partial charge >= 0.3 is 11.9 Å². The molecule has 13 heteroatoms. The third-order valence-corrected chi connectivity index (χ3v) is 6.50. The summed E-state index contributed by atoms with van der Waals surface area (Å²) in [5, 5.41) is 22.1. The molecule has 0 saturated heterocycles. The van der Waals surface area contributed by atoms with Gasteiger partial charge in [0.25, 0.3) is 0 Å². The summed E-state index contributed by atoms with van der Waals surface area (Å²) in [5.41, 5.74) is 5.35. The molecule has 0 radical (unpaired) electrons. The van der Waals surface area contributed by atoms with Gasteiger partial charge in [-0.15, -0.1) is 0 Å². The van der Waals surface area contributed by atoms with E-state index in [1.54, 1.807) is 0 Å². The largest absolute Gasteiger partial charge is 0.480 e. The molecule has 6 N–H and O–H groups in total. The fourth-order valence-corrected chi connectivity index (χ4v) is 4.66. The summed E-state index contributed by atoms with van der Waals surface area (Å²) in [6.45, 7) is 4.83. The number of carboxylic acids is 2. The first-order chi connectivity index (χ1) is 13.1. The molecule has 0 aliphatic rings. The molecule has 0 saturated carbocycles. The Balaban J connectivity index is 4.75. The number of amides is 2.